The molecule has 3 N–H and O–H groups in total. The summed E-state index contributed by atoms with van der Waals surface area (Å²) in [6, 6.07) is 13.0. The lowest BCUT2D eigenvalue weighted by atomic mass is 10.1. The zero-order valence-corrected chi connectivity index (χ0v) is 12.7. The molecule has 0 bridgehead atoms. The van der Waals surface area contributed by atoms with E-state index in [1.807, 2.05) is 30.3 Å². The van der Waals surface area contributed by atoms with Crippen LogP contribution in [-0.4, -0.2) is 39.3 Å². The molecule has 0 aliphatic heterocycles. The lowest BCUT2D eigenvalue weighted by molar-refractivity contribution is 0.124. The molecule has 0 saturated carbocycles. The first-order valence-corrected chi connectivity index (χ1v) is 7.86. The van der Waals surface area contributed by atoms with Crippen LogP contribution in [0.4, 0.5) is 5.69 Å². The summed E-state index contributed by atoms with van der Waals surface area (Å²) in [5.41, 5.74) is 0.643. The molecule has 2 aromatic rings. The third-order valence-electron chi connectivity index (χ3n) is 2.49. The minimum absolute atomic E-state index is 0.581. The minimum Gasteiger partial charge on any atom is -0.371 e. The SMILES string of the molecule is O=S(=O)(O)OCC(O)Nc1cccc2ccccc12.O=S=O. The molecule has 8 nitrogen and oxygen atoms in total. The van der Waals surface area contributed by atoms with Crippen LogP contribution in [-0.2, 0) is 26.2 Å². The van der Waals surface area contributed by atoms with Gasteiger partial charge in [0.25, 0.3) is 0 Å². The number of aliphatic hydroxyl groups is 1. The van der Waals surface area contributed by atoms with Crippen molar-refractivity contribution in [2.24, 2.45) is 0 Å². The van der Waals surface area contributed by atoms with Gasteiger partial charge in [0, 0.05) is 11.1 Å². The lowest BCUT2D eigenvalue weighted by Crippen LogP contribution is -2.26. The van der Waals surface area contributed by atoms with Crippen molar-refractivity contribution in [3.63, 3.8) is 0 Å². The van der Waals surface area contributed by atoms with Gasteiger partial charge in [0.2, 0.25) is 0 Å². The fourth-order valence-electron chi connectivity index (χ4n) is 1.72. The van der Waals surface area contributed by atoms with Crippen LogP contribution in [0, 0.1) is 0 Å². The topological polar surface area (TPSA) is 130 Å². The molecule has 2 rings (SSSR count). The van der Waals surface area contributed by atoms with Crippen LogP contribution in [0.3, 0.4) is 0 Å². The maximum atomic E-state index is 10.4. The Hall–Kier alpha value is -1.85. The van der Waals surface area contributed by atoms with E-state index in [-0.39, 0.29) is 0 Å². The largest absolute Gasteiger partial charge is 0.397 e. The third-order valence-corrected chi connectivity index (χ3v) is 2.92. The number of aliphatic hydroxyl groups excluding tert-OH is 1. The van der Waals surface area contributed by atoms with Gasteiger partial charge in [-0.25, -0.2) is 4.18 Å². The Labute approximate surface area is 130 Å². The molecule has 0 aromatic heterocycles. The number of nitrogens with one attached hydrogen (secondary N) is 1. The summed E-state index contributed by atoms with van der Waals surface area (Å²) in [7, 11) is -4.55. The highest BCUT2D eigenvalue weighted by Gasteiger charge is 2.11. The zero-order valence-electron chi connectivity index (χ0n) is 11.1. The van der Waals surface area contributed by atoms with Crippen LogP contribution in [0.5, 0.6) is 0 Å². The molecule has 22 heavy (non-hydrogen) atoms. The molecule has 0 spiro atoms. The average Bonchev–Trinajstić information content (AvgIpc) is 2.46. The molecule has 0 amide bonds. The highest BCUT2D eigenvalue weighted by molar-refractivity contribution is 7.80. The Kier molecular flexibility index (Phi) is 7.08. The van der Waals surface area contributed by atoms with E-state index < -0.39 is 34.8 Å². The monoisotopic (exact) mass is 347 g/mol. The van der Waals surface area contributed by atoms with E-state index in [2.05, 4.69) is 9.50 Å². The Morgan fingerprint density at radius 1 is 1.14 bits per heavy atom. The van der Waals surface area contributed by atoms with E-state index in [4.69, 9.17) is 13.0 Å². The first-order chi connectivity index (χ1) is 10.4. The summed E-state index contributed by atoms with van der Waals surface area (Å²) in [4.78, 5) is 0. The molecule has 0 saturated heterocycles. The quantitative estimate of drug-likeness (QED) is 0.533. The molecule has 1 unspecified atom stereocenters. The van der Waals surface area contributed by atoms with Crippen molar-refractivity contribution in [1.82, 2.24) is 0 Å². The predicted molar refractivity (Wildman–Crippen MR) is 80.0 cm³/mol. The standard InChI is InChI=1S/C12H13NO5S.O2S/c14-12(8-18-19(15,16)17)13-11-7-3-5-9-4-1-2-6-10(9)11;1-3-2/h1-7,12-14H,8H2,(H,15,16,17);. The van der Waals surface area contributed by atoms with Gasteiger partial charge in [-0.3, -0.25) is 4.55 Å². The van der Waals surface area contributed by atoms with Gasteiger partial charge in [0.1, 0.15) is 12.8 Å². The van der Waals surface area contributed by atoms with Crippen molar-refractivity contribution in [1.29, 1.82) is 0 Å². The highest BCUT2D eigenvalue weighted by Crippen LogP contribution is 2.23. The second-order valence-electron chi connectivity index (χ2n) is 3.97. The van der Waals surface area contributed by atoms with Gasteiger partial charge < -0.3 is 10.4 Å². The van der Waals surface area contributed by atoms with E-state index in [1.165, 1.54) is 0 Å². The first-order valence-electron chi connectivity index (χ1n) is 5.83. The van der Waals surface area contributed by atoms with E-state index in [0.29, 0.717) is 5.69 Å². The normalized spacial score (nSPS) is 12.1. The zero-order chi connectivity index (χ0) is 16.6. The van der Waals surface area contributed by atoms with E-state index >= 15 is 0 Å². The molecule has 2 aromatic carbocycles. The van der Waals surface area contributed by atoms with Crippen molar-refractivity contribution < 1.29 is 30.7 Å². The van der Waals surface area contributed by atoms with Crippen LogP contribution in [0.1, 0.15) is 0 Å². The first kappa shape index (κ1) is 18.2. The van der Waals surface area contributed by atoms with E-state index in [0.717, 1.165) is 10.8 Å². The Balaban J connectivity index is 0.000000745. The van der Waals surface area contributed by atoms with Crippen LogP contribution in [0.2, 0.25) is 0 Å². The van der Waals surface area contributed by atoms with Crippen molar-refractivity contribution >= 4 is 38.4 Å². The Morgan fingerprint density at radius 2 is 1.73 bits per heavy atom. The summed E-state index contributed by atoms with van der Waals surface area (Å²) >= 11 is -0.750. The minimum atomic E-state index is -4.55. The second kappa shape index (κ2) is 8.56. The van der Waals surface area contributed by atoms with Crippen molar-refractivity contribution in [3.05, 3.63) is 42.5 Å². The summed E-state index contributed by atoms with van der Waals surface area (Å²) in [5.74, 6) is 0. The number of rotatable bonds is 5. The molecule has 0 fully saturated rings. The summed E-state index contributed by atoms with van der Waals surface area (Å²) < 4.78 is 49.9. The molecule has 0 aliphatic carbocycles. The van der Waals surface area contributed by atoms with Gasteiger partial charge in [0.15, 0.2) is 0 Å². The Morgan fingerprint density at radius 3 is 2.36 bits per heavy atom. The molecule has 0 radical (unpaired) electrons. The van der Waals surface area contributed by atoms with Gasteiger partial charge in [-0.05, 0) is 11.5 Å². The van der Waals surface area contributed by atoms with Gasteiger partial charge in [-0.15, -0.1) is 0 Å². The van der Waals surface area contributed by atoms with Crippen molar-refractivity contribution in [3.8, 4) is 0 Å². The predicted octanol–water partition coefficient (Wildman–Crippen LogP) is 0.719. The summed E-state index contributed by atoms with van der Waals surface area (Å²) in [5, 5.41) is 14.2. The third kappa shape index (κ3) is 6.28. The van der Waals surface area contributed by atoms with E-state index in [1.54, 1.807) is 12.1 Å². The maximum Gasteiger partial charge on any atom is 0.397 e. The summed E-state index contributed by atoms with van der Waals surface area (Å²) in [6.07, 6.45) is -1.26. The van der Waals surface area contributed by atoms with Gasteiger partial charge in [0.05, 0.1) is 0 Å². The van der Waals surface area contributed by atoms with Crippen LogP contribution in [0.25, 0.3) is 10.8 Å². The van der Waals surface area contributed by atoms with E-state index in [9.17, 15) is 13.5 Å². The maximum absolute atomic E-state index is 10.4. The van der Waals surface area contributed by atoms with Crippen LogP contribution in [0.15, 0.2) is 42.5 Å². The molecule has 0 heterocycles. The summed E-state index contributed by atoms with van der Waals surface area (Å²) in [6.45, 7) is -0.581. The molecule has 10 heteroatoms. The van der Waals surface area contributed by atoms with Crippen LogP contribution >= 0.6 is 0 Å². The number of fused-ring (bicyclic) bond motifs is 1. The van der Waals surface area contributed by atoms with Gasteiger partial charge >= 0.3 is 22.0 Å². The molecular formula is C12H13NO7S2. The average molecular weight is 347 g/mol. The van der Waals surface area contributed by atoms with Gasteiger partial charge in [-0.2, -0.15) is 16.8 Å². The number of anilines is 1. The molecule has 1 atom stereocenters. The number of hydrogen-bond donors (Lipinski definition) is 3. The molecule has 0 aliphatic rings. The highest BCUT2D eigenvalue weighted by atomic mass is 32.3. The van der Waals surface area contributed by atoms with Crippen molar-refractivity contribution in [2.75, 3.05) is 11.9 Å². The smallest absolute Gasteiger partial charge is 0.371 e. The van der Waals surface area contributed by atoms with Gasteiger partial charge in [-0.1, -0.05) is 36.4 Å². The molecule has 120 valence electrons. The fraction of sp³-hybridized carbons (Fsp3) is 0.167. The number of hydrogen-bond acceptors (Lipinski definition) is 7. The molecular weight excluding hydrogens is 334 g/mol. The Bertz CT molecular complexity index is 752. The lowest BCUT2D eigenvalue weighted by Gasteiger charge is -2.15. The fourth-order valence-corrected chi connectivity index (χ4v) is 2.02. The van der Waals surface area contributed by atoms with Crippen LogP contribution < -0.4 is 5.32 Å². The number of benzene rings is 2. The second-order valence-corrected chi connectivity index (χ2v) is 5.19. The van der Waals surface area contributed by atoms with Crippen molar-refractivity contribution in [2.45, 2.75) is 6.23 Å².